The molecule has 0 unspecified atom stereocenters. The highest BCUT2D eigenvalue weighted by Gasteiger charge is 2.30. The third-order valence-electron chi connectivity index (χ3n) is 7.53. The van der Waals surface area contributed by atoms with E-state index in [9.17, 15) is 0 Å². The average molecular weight is 477 g/mol. The maximum absolute atomic E-state index is 2.37. The van der Waals surface area contributed by atoms with Crippen molar-refractivity contribution in [2.24, 2.45) is 0 Å². The molecule has 1 aliphatic carbocycles. The van der Waals surface area contributed by atoms with Crippen molar-refractivity contribution >= 4 is 21.5 Å². The Bertz CT molecular complexity index is 1720. The van der Waals surface area contributed by atoms with Gasteiger partial charge in [-0.1, -0.05) is 148 Å². The lowest BCUT2D eigenvalue weighted by Crippen LogP contribution is -1.94. The summed E-state index contributed by atoms with van der Waals surface area (Å²) >= 11 is 0. The van der Waals surface area contributed by atoms with Crippen LogP contribution in [-0.2, 0) is 0 Å². The van der Waals surface area contributed by atoms with E-state index in [0.717, 1.165) is 0 Å². The second-order valence-corrected chi connectivity index (χ2v) is 9.99. The molecule has 37 heavy (non-hydrogen) atoms. The fourth-order valence-corrected chi connectivity index (χ4v) is 5.71. The molecule has 0 radical (unpaired) electrons. The van der Waals surface area contributed by atoms with Crippen molar-refractivity contribution in [2.45, 2.75) is 33.6 Å². The maximum Gasteiger partial charge on any atom is -0.000741 e. The Kier molecular flexibility index (Phi) is 6.10. The highest BCUT2D eigenvalue weighted by Crippen LogP contribution is 2.57. The van der Waals surface area contributed by atoms with Crippen molar-refractivity contribution in [2.75, 3.05) is 0 Å². The van der Waals surface area contributed by atoms with Gasteiger partial charge < -0.3 is 0 Å². The van der Waals surface area contributed by atoms with Gasteiger partial charge in [0, 0.05) is 0 Å². The Hall–Kier alpha value is -4.16. The standard InChI is InChI=1S/C33H22.C4H10/c1-21-18-19-25-28(20-21)31(24-12-6-3-7-13-24)33-27-17-9-15-22-14-8-16-26(29(22)27)32(33)30(25)23-10-4-2-5-11-23;1-3-4-2/h2-20H,1H3;3-4H2,1-2H3. The molecule has 0 heterocycles. The van der Waals surface area contributed by atoms with Gasteiger partial charge in [-0.25, -0.2) is 0 Å². The van der Waals surface area contributed by atoms with E-state index < -0.39 is 0 Å². The molecule has 0 nitrogen and oxygen atoms in total. The van der Waals surface area contributed by atoms with Crippen LogP contribution in [0.3, 0.4) is 0 Å². The van der Waals surface area contributed by atoms with E-state index in [1.54, 1.807) is 0 Å². The summed E-state index contributed by atoms with van der Waals surface area (Å²) < 4.78 is 0. The van der Waals surface area contributed by atoms with Crippen LogP contribution in [0, 0.1) is 6.92 Å². The Morgan fingerprint density at radius 2 is 0.973 bits per heavy atom. The van der Waals surface area contributed by atoms with E-state index in [1.165, 1.54) is 84.5 Å². The lowest BCUT2D eigenvalue weighted by atomic mass is 9.82. The van der Waals surface area contributed by atoms with Crippen molar-refractivity contribution in [1.29, 1.82) is 0 Å². The summed E-state index contributed by atoms with van der Waals surface area (Å²) in [5, 5.41) is 5.31. The molecule has 6 aromatic rings. The molecule has 0 aliphatic heterocycles. The first kappa shape index (κ1) is 23.3. The number of hydrogen-bond donors (Lipinski definition) is 0. The third kappa shape index (κ3) is 3.85. The molecule has 1 aliphatic rings. The van der Waals surface area contributed by atoms with Crippen molar-refractivity contribution in [1.82, 2.24) is 0 Å². The van der Waals surface area contributed by atoms with Gasteiger partial charge in [0.2, 0.25) is 0 Å². The third-order valence-corrected chi connectivity index (χ3v) is 7.53. The lowest BCUT2D eigenvalue weighted by Gasteiger charge is -2.20. The molecular formula is C37H32. The zero-order valence-electron chi connectivity index (χ0n) is 21.9. The van der Waals surface area contributed by atoms with E-state index in [4.69, 9.17) is 0 Å². The molecule has 0 heteroatoms. The zero-order chi connectivity index (χ0) is 25.4. The Labute approximate surface area is 220 Å². The van der Waals surface area contributed by atoms with Crippen molar-refractivity contribution in [3.8, 4) is 44.5 Å². The van der Waals surface area contributed by atoms with Gasteiger partial charge in [0.1, 0.15) is 0 Å². The van der Waals surface area contributed by atoms with Gasteiger partial charge in [0.25, 0.3) is 0 Å². The van der Waals surface area contributed by atoms with Crippen LogP contribution in [0.5, 0.6) is 0 Å². The molecule has 0 aromatic heterocycles. The largest absolute Gasteiger partial charge is 0.0654 e. The molecule has 0 atom stereocenters. The van der Waals surface area contributed by atoms with Gasteiger partial charge in [0.05, 0.1) is 0 Å². The number of hydrogen-bond acceptors (Lipinski definition) is 0. The Morgan fingerprint density at radius 1 is 0.459 bits per heavy atom. The highest BCUT2D eigenvalue weighted by molar-refractivity contribution is 6.27. The molecule has 6 aromatic carbocycles. The molecule has 0 spiro atoms. The van der Waals surface area contributed by atoms with Gasteiger partial charge in [-0.05, 0) is 73.0 Å². The zero-order valence-corrected chi connectivity index (χ0v) is 21.9. The van der Waals surface area contributed by atoms with E-state index in [1.807, 2.05) is 0 Å². The number of rotatable bonds is 3. The molecule has 0 saturated carbocycles. The monoisotopic (exact) mass is 476 g/mol. The van der Waals surface area contributed by atoms with E-state index in [0.29, 0.717) is 0 Å². The number of fused-ring (bicyclic) bond motifs is 4. The Morgan fingerprint density at radius 3 is 1.49 bits per heavy atom. The molecule has 7 rings (SSSR count). The summed E-state index contributed by atoms with van der Waals surface area (Å²) in [7, 11) is 0. The second kappa shape index (κ2) is 9.71. The van der Waals surface area contributed by atoms with Crippen molar-refractivity contribution in [3.63, 3.8) is 0 Å². The number of unbranched alkanes of at least 4 members (excludes halogenated alkanes) is 1. The van der Waals surface area contributed by atoms with Crippen LogP contribution >= 0.6 is 0 Å². The molecule has 0 saturated heterocycles. The van der Waals surface area contributed by atoms with Crippen molar-refractivity contribution < 1.29 is 0 Å². The van der Waals surface area contributed by atoms with Gasteiger partial charge >= 0.3 is 0 Å². The molecular weight excluding hydrogens is 444 g/mol. The summed E-state index contributed by atoms with van der Waals surface area (Å²) in [6.07, 6.45) is 2.64. The minimum Gasteiger partial charge on any atom is -0.0654 e. The summed E-state index contributed by atoms with van der Waals surface area (Å²) in [5.74, 6) is 0. The predicted octanol–water partition coefficient (Wildman–Crippen LogP) is 11.1. The van der Waals surface area contributed by atoms with Gasteiger partial charge in [-0.3, -0.25) is 0 Å². The van der Waals surface area contributed by atoms with Crippen LogP contribution < -0.4 is 0 Å². The van der Waals surface area contributed by atoms with Crippen LogP contribution in [0.1, 0.15) is 32.3 Å². The fraction of sp³-hybridized carbons (Fsp3) is 0.135. The topological polar surface area (TPSA) is 0 Å². The normalized spacial score (nSPS) is 11.3. The quantitative estimate of drug-likeness (QED) is 0.238. The minimum atomic E-state index is 1.27. The SMILES string of the molecule is CCCC.Cc1ccc2c(-c3ccccc3)c3c(c(-c4ccccc4)c2c1)-c1cccc2cccc-3c12. The summed E-state index contributed by atoms with van der Waals surface area (Å²) in [6.45, 7) is 6.55. The van der Waals surface area contributed by atoms with Crippen LogP contribution in [0.15, 0.2) is 115 Å². The average Bonchev–Trinajstić information content (AvgIpc) is 3.28. The Balaban J connectivity index is 0.000000590. The lowest BCUT2D eigenvalue weighted by molar-refractivity contribution is 0.886. The van der Waals surface area contributed by atoms with E-state index >= 15 is 0 Å². The summed E-state index contributed by atoms with van der Waals surface area (Å²) in [5.41, 5.74) is 11.9. The van der Waals surface area contributed by atoms with Gasteiger partial charge in [-0.15, -0.1) is 0 Å². The van der Waals surface area contributed by atoms with E-state index in [2.05, 4.69) is 136 Å². The van der Waals surface area contributed by atoms with Gasteiger partial charge in [-0.2, -0.15) is 0 Å². The summed E-state index contributed by atoms with van der Waals surface area (Å²) in [4.78, 5) is 0. The molecule has 0 fully saturated rings. The molecule has 0 bridgehead atoms. The van der Waals surface area contributed by atoms with Crippen LogP contribution in [-0.4, -0.2) is 0 Å². The predicted molar refractivity (Wildman–Crippen MR) is 162 cm³/mol. The van der Waals surface area contributed by atoms with Crippen LogP contribution in [0.2, 0.25) is 0 Å². The van der Waals surface area contributed by atoms with Crippen LogP contribution in [0.25, 0.3) is 66.1 Å². The molecule has 180 valence electrons. The first-order valence-electron chi connectivity index (χ1n) is 13.5. The minimum absolute atomic E-state index is 1.27. The smallest absolute Gasteiger partial charge is 0.000741 e. The molecule has 0 N–H and O–H groups in total. The first-order chi connectivity index (χ1) is 18.2. The van der Waals surface area contributed by atoms with Crippen molar-refractivity contribution in [3.05, 3.63) is 121 Å². The fourth-order valence-electron chi connectivity index (χ4n) is 5.71. The summed E-state index contributed by atoms with van der Waals surface area (Å²) in [6, 6.07) is 42.2. The number of aryl methyl sites for hydroxylation is 1. The van der Waals surface area contributed by atoms with E-state index in [-0.39, 0.29) is 0 Å². The maximum atomic E-state index is 2.37. The van der Waals surface area contributed by atoms with Gasteiger partial charge in [0.15, 0.2) is 0 Å². The second-order valence-electron chi connectivity index (χ2n) is 9.99. The van der Waals surface area contributed by atoms with Crippen LogP contribution in [0.4, 0.5) is 0 Å². The first-order valence-corrected chi connectivity index (χ1v) is 13.5. The number of benzene rings is 6. The molecule has 0 amide bonds. The highest BCUT2D eigenvalue weighted by atomic mass is 14.3.